The molecule has 1 aliphatic rings. The Labute approximate surface area is 102 Å². The van der Waals surface area contributed by atoms with Crippen molar-refractivity contribution in [2.45, 2.75) is 13.8 Å². The number of anilines is 1. The smallest absolute Gasteiger partial charge is 0.256 e. The number of aryl methyl sites for hydroxylation is 2. The van der Waals surface area contributed by atoms with Crippen LogP contribution >= 0.6 is 0 Å². The van der Waals surface area contributed by atoms with E-state index in [0.29, 0.717) is 11.3 Å². The summed E-state index contributed by atoms with van der Waals surface area (Å²) < 4.78 is 0. The lowest BCUT2D eigenvalue weighted by atomic mass is 10.0. The summed E-state index contributed by atoms with van der Waals surface area (Å²) in [6, 6.07) is 3.92. The minimum Gasteiger partial charge on any atom is -0.398 e. The largest absolute Gasteiger partial charge is 0.398 e. The predicted octanol–water partition coefficient (Wildman–Crippen LogP) is 0.931. The molecule has 1 aromatic carbocycles. The zero-order chi connectivity index (χ0) is 12.4. The Bertz CT molecular complexity index is 437. The summed E-state index contributed by atoms with van der Waals surface area (Å²) in [6.45, 7) is 7.10. The molecule has 4 nitrogen and oxygen atoms in total. The number of hydrogen-bond acceptors (Lipinski definition) is 3. The SMILES string of the molecule is Cc1ccc(C)c(C(=O)N2CCNCC2)c1N. The molecule has 0 saturated carbocycles. The van der Waals surface area contributed by atoms with Gasteiger partial charge in [0.1, 0.15) is 0 Å². The van der Waals surface area contributed by atoms with Gasteiger partial charge in [-0.3, -0.25) is 4.79 Å². The number of nitrogens with one attached hydrogen (secondary N) is 1. The van der Waals surface area contributed by atoms with Crippen molar-refractivity contribution in [1.82, 2.24) is 10.2 Å². The fraction of sp³-hybridized carbons (Fsp3) is 0.462. The Morgan fingerprint density at radius 1 is 1.24 bits per heavy atom. The van der Waals surface area contributed by atoms with Crippen LogP contribution in [0.3, 0.4) is 0 Å². The molecule has 1 fully saturated rings. The fourth-order valence-electron chi connectivity index (χ4n) is 2.14. The summed E-state index contributed by atoms with van der Waals surface area (Å²) in [5, 5.41) is 3.24. The second-order valence-corrected chi connectivity index (χ2v) is 4.53. The zero-order valence-corrected chi connectivity index (χ0v) is 10.4. The Morgan fingerprint density at radius 3 is 2.47 bits per heavy atom. The molecule has 0 atom stereocenters. The highest BCUT2D eigenvalue weighted by molar-refractivity contribution is 6.01. The molecular weight excluding hydrogens is 214 g/mol. The average molecular weight is 233 g/mol. The molecule has 0 bridgehead atoms. The van der Waals surface area contributed by atoms with Crippen molar-refractivity contribution in [3.63, 3.8) is 0 Å². The van der Waals surface area contributed by atoms with E-state index in [2.05, 4.69) is 5.32 Å². The maximum Gasteiger partial charge on any atom is 0.256 e. The Kier molecular flexibility index (Phi) is 3.33. The summed E-state index contributed by atoms with van der Waals surface area (Å²) in [4.78, 5) is 14.3. The number of carbonyl (C=O) groups is 1. The monoisotopic (exact) mass is 233 g/mol. The van der Waals surface area contributed by atoms with E-state index in [1.54, 1.807) is 0 Å². The summed E-state index contributed by atoms with van der Waals surface area (Å²) in [5.74, 6) is 0.0604. The quantitative estimate of drug-likeness (QED) is 0.709. The van der Waals surface area contributed by atoms with Crippen LogP contribution in [0, 0.1) is 13.8 Å². The first kappa shape index (κ1) is 11.9. The van der Waals surface area contributed by atoms with Gasteiger partial charge in [-0.05, 0) is 25.0 Å². The van der Waals surface area contributed by atoms with Crippen molar-refractivity contribution >= 4 is 11.6 Å². The van der Waals surface area contributed by atoms with Gasteiger partial charge >= 0.3 is 0 Å². The van der Waals surface area contributed by atoms with Crippen molar-refractivity contribution in [1.29, 1.82) is 0 Å². The van der Waals surface area contributed by atoms with Crippen LogP contribution in [0.4, 0.5) is 5.69 Å². The van der Waals surface area contributed by atoms with E-state index in [1.165, 1.54) is 0 Å². The third-order valence-corrected chi connectivity index (χ3v) is 3.29. The van der Waals surface area contributed by atoms with Gasteiger partial charge in [0.05, 0.1) is 5.56 Å². The third kappa shape index (κ3) is 2.26. The molecule has 1 heterocycles. The first-order chi connectivity index (χ1) is 8.11. The maximum absolute atomic E-state index is 12.4. The molecule has 0 aliphatic carbocycles. The van der Waals surface area contributed by atoms with Gasteiger partial charge in [0.25, 0.3) is 5.91 Å². The van der Waals surface area contributed by atoms with Gasteiger partial charge in [-0.2, -0.15) is 0 Å². The van der Waals surface area contributed by atoms with Gasteiger partial charge in [0.15, 0.2) is 0 Å². The fourth-order valence-corrected chi connectivity index (χ4v) is 2.14. The number of nitrogen functional groups attached to an aromatic ring is 1. The van der Waals surface area contributed by atoms with E-state index in [0.717, 1.165) is 37.3 Å². The van der Waals surface area contributed by atoms with Crippen LogP contribution < -0.4 is 11.1 Å². The van der Waals surface area contributed by atoms with Crippen LogP contribution in [0.2, 0.25) is 0 Å². The van der Waals surface area contributed by atoms with Crippen LogP contribution in [0.15, 0.2) is 12.1 Å². The maximum atomic E-state index is 12.4. The zero-order valence-electron chi connectivity index (χ0n) is 10.4. The van der Waals surface area contributed by atoms with Crippen LogP contribution in [0.25, 0.3) is 0 Å². The molecule has 1 aliphatic heterocycles. The second kappa shape index (κ2) is 4.75. The van der Waals surface area contributed by atoms with Gasteiger partial charge in [0, 0.05) is 31.9 Å². The number of rotatable bonds is 1. The number of nitrogens with zero attached hydrogens (tertiary/aromatic N) is 1. The van der Waals surface area contributed by atoms with Gasteiger partial charge in [-0.1, -0.05) is 12.1 Å². The van der Waals surface area contributed by atoms with Crippen molar-refractivity contribution < 1.29 is 4.79 Å². The molecular formula is C13H19N3O. The Morgan fingerprint density at radius 2 is 1.82 bits per heavy atom. The highest BCUT2D eigenvalue weighted by Gasteiger charge is 2.22. The number of benzene rings is 1. The molecule has 92 valence electrons. The van der Waals surface area contributed by atoms with E-state index in [1.807, 2.05) is 30.9 Å². The number of piperazine rings is 1. The summed E-state index contributed by atoms with van der Waals surface area (Å²) in [5.41, 5.74) is 9.24. The summed E-state index contributed by atoms with van der Waals surface area (Å²) >= 11 is 0. The molecule has 3 N–H and O–H groups in total. The van der Waals surface area contributed by atoms with Crippen LogP contribution in [-0.2, 0) is 0 Å². The lowest BCUT2D eigenvalue weighted by molar-refractivity contribution is 0.0736. The predicted molar refractivity (Wildman–Crippen MR) is 69.1 cm³/mol. The van der Waals surface area contributed by atoms with E-state index >= 15 is 0 Å². The first-order valence-electron chi connectivity index (χ1n) is 5.97. The van der Waals surface area contributed by atoms with Gasteiger partial charge in [0.2, 0.25) is 0 Å². The minimum absolute atomic E-state index is 0.0604. The molecule has 17 heavy (non-hydrogen) atoms. The molecule has 4 heteroatoms. The lowest BCUT2D eigenvalue weighted by Gasteiger charge is -2.28. The van der Waals surface area contributed by atoms with E-state index in [-0.39, 0.29) is 5.91 Å². The van der Waals surface area contributed by atoms with Crippen molar-refractivity contribution in [2.24, 2.45) is 0 Å². The normalized spacial score (nSPS) is 16.0. The van der Waals surface area contributed by atoms with Crippen LogP contribution in [-0.4, -0.2) is 37.0 Å². The second-order valence-electron chi connectivity index (χ2n) is 4.53. The number of carbonyl (C=O) groups excluding carboxylic acids is 1. The van der Waals surface area contributed by atoms with Crippen LogP contribution in [0.5, 0.6) is 0 Å². The minimum atomic E-state index is 0.0604. The van der Waals surface area contributed by atoms with Crippen molar-refractivity contribution in [3.05, 3.63) is 28.8 Å². The molecule has 0 radical (unpaired) electrons. The molecule has 0 aromatic heterocycles. The molecule has 0 spiro atoms. The van der Waals surface area contributed by atoms with Crippen LogP contribution in [0.1, 0.15) is 21.5 Å². The van der Waals surface area contributed by atoms with Crippen molar-refractivity contribution in [3.8, 4) is 0 Å². The van der Waals surface area contributed by atoms with E-state index in [9.17, 15) is 4.79 Å². The third-order valence-electron chi connectivity index (χ3n) is 3.29. The Balaban J connectivity index is 2.32. The molecule has 0 unspecified atom stereocenters. The lowest BCUT2D eigenvalue weighted by Crippen LogP contribution is -2.46. The number of amides is 1. The Hall–Kier alpha value is -1.55. The van der Waals surface area contributed by atoms with Gasteiger partial charge in [-0.15, -0.1) is 0 Å². The first-order valence-corrected chi connectivity index (χ1v) is 5.97. The van der Waals surface area contributed by atoms with E-state index in [4.69, 9.17) is 5.73 Å². The molecule has 1 amide bonds. The number of hydrogen-bond donors (Lipinski definition) is 2. The average Bonchev–Trinajstić information content (AvgIpc) is 2.35. The van der Waals surface area contributed by atoms with Crippen molar-refractivity contribution in [2.75, 3.05) is 31.9 Å². The summed E-state index contributed by atoms with van der Waals surface area (Å²) in [7, 11) is 0. The topological polar surface area (TPSA) is 58.4 Å². The molecule has 1 aromatic rings. The highest BCUT2D eigenvalue weighted by atomic mass is 16.2. The van der Waals surface area contributed by atoms with E-state index < -0.39 is 0 Å². The molecule has 2 rings (SSSR count). The highest BCUT2D eigenvalue weighted by Crippen LogP contribution is 2.22. The van der Waals surface area contributed by atoms with Gasteiger partial charge < -0.3 is 16.0 Å². The standard InChI is InChI=1S/C13H19N3O/c1-9-3-4-10(2)12(14)11(9)13(17)16-7-5-15-6-8-16/h3-4,15H,5-8,14H2,1-2H3. The summed E-state index contributed by atoms with van der Waals surface area (Å²) in [6.07, 6.45) is 0. The number of nitrogens with two attached hydrogens (primary N) is 1. The van der Waals surface area contributed by atoms with Gasteiger partial charge in [-0.25, -0.2) is 0 Å². The molecule has 1 saturated heterocycles.